The third-order valence-electron chi connectivity index (χ3n) is 4.57. The molecule has 0 aliphatic carbocycles. The number of nitrogens with zero attached hydrogens (tertiary/aromatic N) is 2. The van der Waals surface area contributed by atoms with Crippen LogP contribution in [0.5, 0.6) is 0 Å². The second-order valence-electron chi connectivity index (χ2n) is 6.26. The van der Waals surface area contributed by atoms with Crippen LogP contribution in [0.1, 0.15) is 56.2 Å². The summed E-state index contributed by atoms with van der Waals surface area (Å²) in [6.07, 6.45) is 4.72. The highest BCUT2D eigenvalue weighted by atomic mass is 16.5. The number of carbonyl (C=O) groups is 1. The lowest BCUT2D eigenvalue weighted by Crippen LogP contribution is -2.34. The standard InChI is InChI=1S/C19H25N3O2/c1-3-8-15-13-17(21-24-15)18-11-7-12-22(18)19(23)20-16-10-6-5-9-14(16)4-2/h5-6,9-10,13,18H,3-4,7-8,11-12H2,1-2H3,(H,20,23)/t18-/m0/s1. The van der Waals surface area contributed by atoms with Crippen molar-refractivity contribution in [3.63, 3.8) is 0 Å². The number of likely N-dealkylation sites (tertiary alicyclic amines) is 1. The lowest BCUT2D eigenvalue weighted by atomic mass is 10.1. The topological polar surface area (TPSA) is 58.4 Å². The van der Waals surface area contributed by atoms with Gasteiger partial charge in [-0.15, -0.1) is 0 Å². The van der Waals surface area contributed by atoms with Gasteiger partial charge in [0.2, 0.25) is 0 Å². The SMILES string of the molecule is CCCc1cc([C@@H]2CCCN2C(=O)Nc2ccccc2CC)no1. The maximum Gasteiger partial charge on any atom is 0.322 e. The maximum absolute atomic E-state index is 12.8. The van der Waals surface area contributed by atoms with Gasteiger partial charge in [-0.3, -0.25) is 0 Å². The van der Waals surface area contributed by atoms with Gasteiger partial charge in [0.25, 0.3) is 0 Å². The Bertz CT molecular complexity index is 695. The van der Waals surface area contributed by atoms with Gasteiger partial charge in [0.1, 0.15) is 11.5 Å². The van der Waals surface area contributed by atoms with Crippen LogP contribution in [0.3, 0.4) is 0 Å². The van der Waals surface area contributed by atoms with Crippen molar-refractivity contribution >= 4 is 11.7 Å². The molecule has 0 saturated carbocycles. The Balaban J connectivity index is 1.73. The fourth-order valence-electron chi connectivity index (χ4n) is 3.31. The van der Waals surface area contributed by atoms with Crippen LogP contribution in [-0.4, -0.2) is 22.6 Å². The van der Waals surface area contributed by atoms with E-state index >= 15 is 0 Å². The van der Waals surface area contributed by atoms with E-state index in [0.717, 1.165) is 61.4 Å². The van der Waals surface area contributed by atoms with E-state index in [2.05, 4.69) is 24.3 Å². The van der Waals surface area contributed by atoms with E-state index in [1.165, 1.54) is 0 Å². The van der Waals surface area contributed by atoms with Crippen molar-refractivity contribution in [3.8, 4) is 0 Å². The Morgan fingerprint density at radius 1 is 1.38 bits per heavy atom. The first-order chi connectivity index (χ1) is 11.7. The lowest BCUT2D eigenvalue weighted by Gasteiger charge is -2.24. The number of para-hydroxylation sites is 1. The number of hydrogen-bond acceptors (Lipinski definition) is 3. The molecule has 1 aromatic heterocycles. The monoisotopic (exact) mass is 327 g/mol. The van der Waals surface area contributed by atoms with E-state index in [1.54, 1.807) is 0 Å². The largest absolute Gasteiger partial charge is 0.361 e. The Hall–Kier alpha value is -2.30. The molecule has 3 rings (SSSR count). The molecule has 24 heavy (non-hydrogen) atoms. The van der Waals surface area contributed by atoms with Crippen LogP contribution >= 0.6 is 0 Å². The van der Waals surface area contributed by atoms with Crippen LogP contribution in [-0.2, 0) is 12.8 Å². The molecule has 1 saturated heterocycles. The van der Waals surface area contributed by atoms with Crippen LogP contribution in [0.25, 0.3) is 0 Å². The molecule has 1 atom stereocenters. The molecule has 128 valence electrons. The van der Waals surface area contributed by atoms with Crippen LogP contribution < -0.4 is 5.32 Å². The van der Waals surface area contributed by atoms with Gasteiger partial charge in [-0.05, 0) is 37.3 Å². The average Bonchev–Trinajstić information content (AvgIpc) is 3.24. The molecule has 1 aliphatic rings. The van der Waals surface area contributed by atoms with Gasteiger partial charge in [0.05, 0.1) is 6.04 Å². The highest BCUT2D eigenvalue weighted by Crippen LogP contribution is 2.32. The summed E-state index contributed by atoms with van der Waals surface area (Å²) < 4.78 is 5.39. The van der Waals surface area contributed by atoms with Crippen molar-refractivity contribution in [3.05, 3.63) is 47.3 Å². The number of hydrogen-bond donors (Lipinski definition) is 1. The molecule has 1 aliphatic heterocycles. The summed E-state index contributed by atoms with van der Waals surface area (Å²) in [5.74, 6) is 0.899. The minimum Gasteiger partial charge on any atom is -0.361 e. The van der Waals surface area contributed by atoms with E-state index in [9.17, 15) is 4.79 Å². The normalized spacial score (nSPS) is 17.2. The zero-order valence-corrected chi connectivity index (χ0v) is 14.4. The summed E-state index contributed by atoms with van der Waals surface area (Å²) in [4.78, 5) is 14.6. The lowest BCUT2D eigenvalue weighted by molar-refractivity contribution is 0.204. The van der Waals surface area contributed by atoms with Gasteiger partial charge in [0.15, 0.2) is 0 Å². The first-order valence-electron chi connectivity index (χ1n) is 8.84. The Morgan fingerprint density at radius 2 is 2.21 bits per heavy atom. The molecule has 0 bridgehead atoms. The summed E-state index contributed by atoms with van der Waals surface area (Å²) >= 11 is 0. The minimum atomic E-state index is -0.0570. The molecule has 5 heteroatoms. The summed E-state index contributed by atoms with van der Waals surface area (Å²) in [6.45, 7) is 4.96. The summed E-state index contributed by atoms with van der Waals surface area (Å²) in [5.41, 5.74) is 2.91. The average molecular weight is 327 g/mol. The molecule has 0 spiro atoms. The first-order valence-corrected chi connectivity index (χ1v) is 8.84. The molecule has 2 heterocycles. The fraction of sp³-hybridized carbons (Fsp3) is 0.474. The first kappa shape index (κ1) is 16.6. The molecule has 1 aromatic carbocycles. The van der Waals surface area contributed by atoms with E-state index in [1.807, 2.05) is 35.2 Å². The number of aromatic nitrogens is 1. The van der Waals surface area contributed by atoms with Crippen molar-refractivity contribution in [2.75, 3.05) is 11.9 Å². The number of anilines is 1. The highest BCUT2D eigenvalue weighted by Gasteiger charge is 2.32. The Labute approximate surface area is 143 Å². The van der Waals surface area contributed by atoms with E-state index in [4.69, 9.17) is 4.52 Å². The molecular formula is C19H25N3O2. The van der Waals surface area contributed by atoms with Crippen molar-refractivity contribution in [1.29, 1.82) is 0 Å². The third-order valence-corrected chi connectivity index (χ3v) is 4.57. The van der Waals surface area contributed by atoms with Gasteiger partial charge in [-0.1, -0.05) is 37.2 Å². The number of carbonyl (C=O) groups excluding carboxylic acids is 1. The summed E-state index contributed by atoms with van der Waals surface area (Å²) in [7, 11) is 0. The van der Waals surface area contributed by atoms with E-state index in [0.29, 0.717) is 0 Å². The fourth-order valence-corrected chi connectivity index (χ4v) is 3.31. The molecular weight excluding hydrogens is 302 g/mol. The number of aryl methyl sites for hydroxylation is 2. The number of benzene rings is 1. The number of amides is 2. The van der Waals surface area contributed by atoms with E-state index < -0.39 is 0 Å². The van der Waals surface area contributed by atoms with Gasteiger partial charge in [0, 0.05) is 24.7 Å². The van der Waals surface area contributed by atoms with Gasteiger partial charge in [-0.2, -0.15) is 0 Å². The smallest absolute Gasteiger partial charge is 0.322 e. The molecule has 2 amide bonds. The van der Waals surface area contributed by atoms with Crippen LogP contribution in [0.15, 0.2) is 34.9 Å². The summed E-state index contributed by atoms with van der Waals surface area (Å²) in [5, 5.41) is 7.26. The highest BCUT2D eigenvalue weighted by molar-refractivity contribution is 5.90. The number of rotatable bonds is 5. The second kappa shape index (κ2) is 7.51. The van der Waals surface area contributed by atoms with E-state index in [-0.39, 0.29) is 12.1 Å². The van der Waals surface area contributed by atoms with Gasteiger partial charge >= 0.3 is 6.03 Å². The molecule has 1 N–H and O–H groups in total. The summed E-state index contributed by atoms with van der Waals surface area (Å²) in [6, 6.07) is 9.90. The maximum atomic E-state index is 12.8. The predicted octanol–water partition coefficient (Wildman–Crippen LogP) is 4.56. The van der Waals surface area contributed by atoms with Crippen LogP contribution in [0.4, 0.5) is 10.5 Å². The molecule has 1 fully saturated rings. The Kier molecular flexibility index (Phi) is 5.18. The minimum absolute atomic E-state index is 0.00754. The third kappa shape index (κ3) is 3.45. The number of nitrogens with one attached hydrogen (secondary N) is 1. The zero-order valence-electron chi connectivity index (χ0n) is 14.4. The second-order valence-corrected chi connectivity index (χ2v) is 6.26. The molecule has 0 unspecified atom stereocenters. The quantitative estimate of drug-likeness (QED) is 0.876. The molecule has 2 aromatic rings. The van der Waals surface area contributed by atoms with Crippen molar-refractivity contribution < 1.29 is 9.32 Å². The van der Waals surface area contributed by atoms with Crippen LogP contribution in [0, 0.1) is 0 Å². The zero-order chi connectivity index (χ0) is 16.9. The van der Waals surface area contributed by atoms with Crippen molar-refractivity contribution in [2.24, 2.45) is 0 Å². The van der Waals surface area contributed by atoms with Gasteiger partial charge in [-0.25, -0.2) is 4.79 Å². The van der Waals surface area contributed by atoms with Crippen molar-refractivity contribution in [2.45, 2.75) is 52.0 Å². The molecule has 0 radical (unpaired) electrons. The predicted molar refractivity (Wildman–Crippen MR) is 94.0 cm³/mol. The van der Waals surface area contributed by atoms with Gasteiger partial charge < -0.3 is 14.7 Å². The number of urea groups is 1. The Morgan fingerprint density at radius 3 is 3.00 bits per heavy atom. The molecule has 5 nitrogen and oxygen atoms in total. The van der Waals surface area contributed by atoms with Crippen molar-refractivity contribution in [1.82, 2.24) is 10.1 Å². The van der Waals surface area contributed by atoms with Crippen LogP contribution in [0.2, 0.25) is 0 Å².